The first-order valence-electron chi connectivity index (χ1n) is 20.6. The van der Waals surface area contributed by atoms with Gasteiger partial charge in [-0.1, -0.05) is 31.2 Å². The van der Waals surface area contributed by atoms with Crippen molar-refractivity contribution in [1.82, 2.24) is 25.6 Å². The Morgan fingerprint density at radius 1 is 1.00 bits per heavy atom. The zero-order valence-electron chi connectivity index (χ0n) is 33.4. The SMILES string of the molecule is CCCOC(=O)[C@H](C)NP(=O)(Oc1ccccc1)C(F)c1ccc2sc(C(=O)N[C@H]3C[C@H]4C[C@H]4C[C@H]4CC[C@@H](C(=O)N[C@H]5CN(c6cccnc6)C[C@@H]5F)N4C3=O)cc2c1. The van der Waals surface area contributed by atoms with Gasteiger partial charge in [-0.2, -0.15) is 0 Å². The van der Waals surface area contributed by atoms with Gasteiger partial charge in [-0.25, -0.2) is 13.9 Å². The molecule has 3 amide bonds. The summed E-state index contributed by atoms with van der Waals surface area (Å²) >= 11 is 1.17. The largest absolute Gasteiger partial charge is 0.465 e. The van der Waals surface area contributed by atoms with Crippen LogP contribution in [0, 0.1) is 11.8 Å². The van der Waals surface area contributed by atoms with E-state index in [9.17, 15) is 23.7 Å². The highest BCUT2D eigenvalue weighted by Gasteiger charge is 2.52. The van der Waals surface area contributed by atoms with Crippen molar-refractivity contribution in [2.24, 2.45) is 11.8 Å². The van der Waals surface area contributed by atoms with Crippen molar-refractivity contribution in [2.45, 2.75) is 94.7 Å². The van der Waals surface area contributed by atoms with Crippen molar-refractivity contribution in [2.75, 3.05) is 24.6 Å². The Morgan fingerprint density at radius 3 is 2.57 bits per heavy atom. The van der Waals surface area contributed by atoms with Crippen LogP contribution in [-0.4, -0.2) is 89.7 Å². The maximum Gasteiger partial charge on any atom is 0.355 e. The molecule has 318 valence electrons. The first-order valence-corrected chi connectivity index (χ1v) is 23.1. The molecular formula is C43H49F2N6O7PS. The van der Waals surface area contributed by atoms with E-state index in [0.29, 0.717) is 41.7 Å². The average Bonchev–Trinajstić information content (AvgIpc) is 3.52. The van der Waals surface area contributed by atoms with E-state index in [2.05, 4.69) is 20.7 Å². The van der Waals surface area contributed by atoms with Crippen molar-refractivity contribution in [1.29, 1.82) is 0 Å². The van der Waals surface area contributed by atoms with E-state index in [-0.39, 0.29) is 53.8 Å². The van der Waals surface area contributed by atoms with Crippen LogP contribution in [0.1, 0.15) is 73.5 Å². The lowest BCUT2D eigenvalue weighted by Crippen LogP contribution is -2.58. The molecule has 5 heterocycles. The zero-order chi connectivity index (χ0) is 42.1. The fourth-order valence-electron chi connectivity index (χ4n) is 8.75. The van der Waals surface area contributed by atoms with E-state index >= 15 is 8.78 Å². The highest BCUT2D eigenvalue weighted by molar-refractivity contribution is 7.57. The third-order valence-corrected chi connectivity index (χ3v) is 15.2. The number of nitrogens with one attached hydrogen (secondary N) is 3. The number of carbonyl (C=O) groups excluding carboxylic acids is 4. The molecule has 1 saturated carbocycles. The molecule has 60 heavy (non-hydrogen) atoms. The molecule has 10 atom stereocenters. The number of hydrogen-bond acceptors (Lipinski definition) is 10. The lowest BCUT2D eigenvalue weighted by Gasteiger charge is -2.35. The van der Waals surface area contributed by atoms with Gasteiger partial charge in [0.05, 0.1) is 36.0 Å². The fraction of sp³-hybridized carbons (Fsp3) is 0.465. The minimum absolute atomic E-state index is 0.00832. The minimum Gasteiger partial charge on any atom is -0.465 e. The molecular weight excluding hydrogens is 814 g/mol. The van der Waals surface area contributed by atoms with Crippen LogP contribution in [-0.2, 0) is 23.7 Å². The molecule has 0 spiro atoms. The van der Waals surface area contributed by atoms with Gasteiger partial charge >= 0.3 is 13.5 Å². The number of pyridine rings is 1. The first kappa shape index (κ1) is 41.8. The van der Waals surface area contributed by atoms with Crippen LogP contribution < -0.4 is 25.1 Å². The maximum absolute atomic E-state index is 16.5. The number of rotatable bonds is 14. The number of esters is 1. The number of thiophene rings is 1. The number of para-hydroxylation sites is 1. The number of hydrogen-bond donors (Lipinski definition) is 3. The van der Waals surface area contributed by atoms with E-state index in [4.69, 9.17) is 9.26 Å². The number of anilines is 1. The van der Waals surface area contributed by atoms with Gasteiger partial charge in [-0.3, -0.25) is 28.7 Å². The molecule has 0 radical (unpaired) electrons. The van der Waals surface area contributed by atoms with Crippen LogP contribution in [0.3, 0.4) is 0 Å². The molecule has 4 aliphatic rings. The Kier molecular flexibility index (Phi) is 12.3. The standard InChI is InChI=1S/C43H49F2N6O7PS/c1-3-16-57-43(55)25(2)49-59(56,58-32-9-5-4-6-10-32)39(45)26-11-14-37-29(17-26)21-38(60-37)41(53)47-34-20-28-18-27(28)19-30-12-13-36(51(30)42(34)54)40(52)48-35-24-50(23-33(35)44)31-8-7-15-46-22-31/h4-11,14-15,17,21-22,25,27-28,30,33-36,39H,3,12-13,16,18-20,23-24H2,1-2H3,(H,47,53)(H,48,52)(H,49,56)/t25-,27-,28+,30+,33-,34-,35-,36-,39?,59?/m0/s1. The second-order valence-corrected chi connectivity index (χ2v) is 19.4. The topological polar surface area (TPSA) is 159 Å². The first-order chi connectivity index (χ1) is 28.9. The number of alkyl halides is 2. The third kappa shape index (κ3) is 8.91. The number of benzene rings is 2. The molecule has 0 bridgehead atoms. The van der Waals surface area contributed by atoms with Gasteiger partial charge in [-0.15, -0.1) is 11.3 Å². The number of fused-ring (bicyclic) bond motifs is 3. The Balaban J connectivity index is 0.969. The molecule has 3 N–H and O–H groups in total. The Labute approximate surface area is 351 Å². The summed E-state index contributed by atoms with van der Waals surface area (Å²) < 4.78 is 57.7. The highest BCUT2D eigenvalue weighted by Crippen LogP contribution is 2.58. The molecule has 4 fully saturated rings. The third-order valence-electron chi connectivity index (χ3n) is 11.9. The summed E-state index contributed by atoms with van der Waals surface area (Å²) in [5.41, 5.74) is 0.776. The predicted molar refractivity (Wildman–Crippen MR) is 223 cm³/mol. The fourth-order valence-corrected chi connectivity index (χ4v) is 11.6. The second kappa shape index (κ2) is 17.6. The van der Waals surface area contributed by atoms with Gasteiger partial charge < -0.3 is 29.7 Å². The number of halogens is 2. The second-order valence-electron chi connectivity index (χ2n) is 16.3. The van der Waals surface area contributed by atoms with Crippen LogP contribution in [0.25, 0.3) is 10.1 Å². The number of ether oxygens (including phenoxy) is 1. The van der Waals surface area contributed by atoms with E-state index in [1.807, 2.05) is 17.9 Å². The lowest BCUT2D eigenvalue weighted by molar-refractivity contribution is -0.145. The molecule has 13 nitrogen and oxygen atoms in total. The van der Waals surface area contributed by atoms with Crippen molar-refractivity contribution in [3.63, 3.8) is 0 Å². The molecule has 8 rings (SSSR count). The van der Waals surface area contributed by atoms with Gasteiger partial charge in [0.15, 0.2) is 0 Å². The number of amides is 3. The van der Waals surface area contributed by atoms with Crippen molar-refractivity contribution in [3.8, 4) is 5.75 Å². The summed E-state index contributed by atoms with van der Waals surface area (Å²) in [5, 5.41) is 8.96. The molecule has 2 aromatic heterocycles. The minimum atomic E-state index is -4.46. The normalized spacial score (nSPS) is 26.8. The summed E-state index contributed by atoms with van der Waals surface area (Å²) in [6.07, 6.45) is 5.86. The molecule has 3 aliphatic heterocycles. The highest BCUT2D eigenvalue weighted by atomic mass is 32.1. The van der Waals surface area contributed by atoms with Crippen LogP contribution in [0.2, 0.25) is 0 Å². The van der Waals surface area contributed by atoms with Crippen LogP contribution in [0.15, 0.2) is 79.1 Å². The smallest absolute Gasteiger partial charge is 0.355 e. The van der Waals surface area contributed by atoms with Gasteiger partial charge in [0.1, 0.15) is 30.0 Å². The summed E-state index contributed by atoms with van der Waals surface area (Å²) in [6, 6.07) is 14.2. The Hall–Kier alpha value is -4.92. The Bertz CT molecular complexity index is 2270. The summed E-state index contributed by atoms with van der Waals surface area (Å²) in [5.74, 6) is -3.29. The van der Waals surface area contributed by atoms with Gasteiger partial charge in [-0.05, 0) is 111 Å². The maximum atomic E-state index is 16.5. The zero-order valence-corrected chi connectivity index (χ0v) is 35.1. The van der Waals surface area contributed by atoms with E-state index in [0.717, 1.165) is 18.5 Å². The van der Waals surface area contributed by atoms with E-state index < -0.39 is 61.6 Å². The van der Waals surface area contributed by atoms with Crippen molar-refractivity contribution < 1.29 is 41.8 Å². The summed E-state index contributed by atoms with van der Waals surface area (Å²) in [4.78, 5) is 62.6. The molecule has 3 saturated heterocycles. The molecule has 2 aromatic carbocycles. The average molecular weight is 863 g/mol. The van der Waals surface area contributed by atoms with Crippen molar-refractivity contribution >= 4 is 58.3 Å². The van der Waals surface area contributed by atoms with Crippen LogP contribution in [0.4, 0.5) is 14.5 Å². The van der Waals surface area contributed by atoms with Gasteiger partial charge in [0.2, 0.25) is 17.7 Å². The quantitative estimate of drug-likeness (QED) is 0.0921. The molecule has 4 aromatic rings. The number of aromatic nitrogens is 1. The van der Waals surface area contributed by atoms with E-state index in [1.165, 1.54) is 42.5 Å². The van der Waals surface area contributed by atoms with Gasteiger partial charge in [0.25, 0.3) is 5.91 Å². The predicted octanol–water partition coefficient (Wildman–Crippen LogP) is 6.70. The molecule has 17 heteroatoms. The number of carbonyl (C=O) groups is 4. The number of nitrogens with zero attached hydrogens (tertiary/aromatic N) is 3. The van der Waals surface area contributed by atoms with Crippen LogP contribution in [0.5, 0.6) is 5.75 Å². The summed E-state index contributed by atoms with van der Waals surface area (Å²) in [6.45, 7) is 3.81. The van der Waals surface area contributed by atoms with Crippen molar-refractivity contribution in [3.05, 3.63) is 89.6 Å². The summed E-state index contributed by atoms with van der Waals surface area (Å²) in [7, 11) is -4.46. The lowest BCUT2D eigenvalue weighted by atomic mass is 9.99. The Morgan fingerprint density at radius 2 is 1.80 bits per heavy atom. The molecule has 2 unspecified atom stereocenters. The molecule has 1 aliphatic carbocycles. The monoisotopic (exact) mass is 862 g/mol. The van der Waals surface area contributed by atoms with E-state index in [1.54, 1.807) is 53.7 Å². The van der Waals surface area contributed by atoms with Gasteiger partial charge in [0, 0.05) is 23.5 Å². The van der Waals surface area contributed by atoms with Crippen LogP contribution >= 0.6 is 18.9 Å².